The first-order chi connectivity index (χ1) is 7.31. The normalized spacial score (nSPS) is 9.87. The van der Waals surface area contributed by atoms with Crippen molar-refractivity contribution in [1.29, 1.82) is 5.26 Å². The fourth-order valence-electron chi connectivity index (χ4n) is 1.60. The van der Waals surface area contributed by atoms with Gasteiger partial charge < -0.3 is 4.74 Å². The van der Waals surface area contributed by atoms with Crippen LogP contribution in [0.25, 0.3) is 10.8 Å². The molecule has 0 saturated carbocycles. The van der Waals surface area contributed by atoms with Gasteiger partial charge in [0.15, 0.2) is 6.61 Å². The third kappa shape index (κ3) is 1.92. The smallest absolute Gasteiger partial charge is 0.174 e. The van der Waals surface area contributed by atoms with Gasteiger partial charge >= 0.3 is 0 Å². The summed E-state index contributed by atoms with van der Waals surface area (Å²) >= 11 is 0. The van der Waals surface area contributed by atoms with Crippen LogP contribution < -0.4 is 4.74 Å². The minimum atomic E-state index is 0.0964. The Morgan fingerprint density at radius 2 is 1.87 bits per heavy atom. The molecule has 0 saturated heterocycles. The van der Waals surface area contributed by atoms with E-state index < -0.39 is 0 Å². The van der Waals surface area contributed by atoms with Crippen LogP contribution in [0.1, 0.15) is 5.56 Å². The second-order valence-electron chi connectivity index (χ2n) is 3.41. The minimum Gasteiger partial charge on any atom is -0.478 e. The van der Waals surface area contributed by atoms with Crippen molar-refractivity contribution < 1.29 is 4.74 Å². The zero-order chi connectivity index (χ0) is 10.7. The van der Waals surface area contributed by atoms with Crippen molar-refractivity contribution in [2.75, 3.05) is 6.61 Å². The molecule has 0 bridgehead atoms. The van der Waals surface area contributed by atoms with Gasteiger partial charge in [-0.1, -0.05) is 24.3 Å². The van der Waals surface area contributed by atoms with Crippen LogP contribution in [0.2, 0.25) is 0 Å². The van der Waals surface area contributed by atoms with Gasteiger partial charge in [-0.15, -0.1) is 0 Å². The molecular formula is C13H11NO. The Morgan fingerprint density at radius 3 is 2.53 bits per heavy atom. The molecule has 0 aliphatic carbocycles. The zero-order valence-corrected chi connectivity index (χ0v) is 8.53. The van der Waals surface area contributed by atoms with Crippen LogP contribution in [0.3, 0.4) is 0 Å². The van der Waals surface area contributed by atoms with Gasteiger partial charge in [-0.25, -0.2) is 0 Å². The Bertz CT molecular complexity index is 526. The number of hydrogen-bond donors (Lipinski definition) is 0. The molecule has 74 valence electrons. The van der Waals surface area contributed by atoms with Gasteiger partial charge in [0.2, 0.25) is 0 Å². The monoisotopic (exact) mass is 197 g/mol. The van der Waals surface area contributed by atoms with Crippen LogP contribution in [0, 0.1) is 18.3 Å². The van der Waals surface area contributed by atoms with Crippen LogP contribution >= 0.6 is 0 Å². The van der Waals surface area contributed by atoms with Crippen LogP contribution in [0.5, 0.6) is 5.75 Å². The molecule has 0 heterocycles. The molecule has 0 atom stereocenters. The van der Waals surface area contributed by atoms with Gasteiger partial charge in [-0.2, -0.15) is 5.26 Å². The molecule has 2 heteroatoms. The van der Waals surface area contributed by atoms with E-state index in [0.717, 1.165) is 16.7 Å². The third-order valence-corrected chi connectivity index (χ3v) is 2.34. The van der Waals surface area contributed by atoms with E-state index in [9.17, 15) is 0 Å². The predicted molar refractivity (Wildman–Crippen MR) is 59.8 cm³/mol. The topological polar surface area (TPSA) is 33.0 Å². The van der Waals surface area contributed by atoms with Crippen LogP contribution in [0.15, 0.2) is 36.4 Å². The highest BCUT2D eigenvalue weighted by Crippen LogP contribution is 2.25. The number of ether oxygens (including phenoxy) is 1. The maximum absolute atomic E-state index is 8.46. The van der Waals surface area contributed by atoms with Gasteiger partial charge in [0.05, 0.1) is 0 Å². The summed E-state index contributed by atoms with van der Waals surface area (Å²) < 4.78 is 5.33. The molecule has 2 aromatic rings. The van der Waals surface area contributed by atoms with E-state index in [2.05, 4.69) is 12.1 Å². The Kier molecular flexibility index (Phi) is 2.55. The Hall–Kier alpha value is -2.01. The summed E-state index contributed by atoms with van der Waals surface area (Å²) in [6.45, 7) is 2.08. The number of aryl methyl sites for hydroxylation is 1. The molecule has 0 radical (unpaired) electrons. The maximum atomic E-state index is 8.46. The number of rotatable bonds is 2. The van der Waals surface area contributed by atoms with E-state index in [4.69, 9.17) is 10.00 Å². The fourth-order valence-corrected chi connectivity index (χ4v) is 1.60. The van der Waals surface area contributed by atoms with E-state index in [1.165, 1.54) is 5.39 Å². The molecule has 0 aliphatic rings. The molecule has 0 unspecified atom stereocenters. The second kappa shape index (κ2) is 4.02. The lowest BCUT2D eigenvalue weighted by atomic mass is 10.1. The SMILES string of the molecule is Cc1cc2ccccc2cc1OCC#N. The molecule has 0 N–H and O–H groups in total. The number of fused-ring (bicyclic) bond motifs is 1. The molecule has 0 spiro atoms. The summed E-state index contributed by atoms with van der Waals surface area (Å²) in [6.07, 6.45) is 0. The number of nitriles is 1. The second-order valence-corrected chi connectivity index (χ2v) is 3.41. The summed E-state index contributed by atoms with van der Waals surface area (Å²) in [5.74, 6) is 0.787. The van der Waals surface area contributed by atoms with Crippen molar-refractivity contribution in [3.8, 4) is 11.8 Å². The molecule has 0 fully saturated rings. The third-order valence-electron chi connectivity index (χ3n) is 2.34. The molecule has 0 aromatic heterocycles. The van der Waals surface area contributed by atoms with E-state index in [1.54, 1.807) is 0 Å². The summed E-state index contributed by atoms with van der Waals surface area (Å²) in [4.78, 5) is 0. The van der Waals surface area contributed by atoms with E-state index in [1.807, 2.05) is 37.3 Å². The molecular weight excluding hydrogens is 186 g/mol. The van der Waals surface area contributed by atoms with E-state index >= 15 is 0 Å². The zero-order valence-electron chi connectivity index (χ0n) is 8.53. The van der Waals surface area contributed by atoms with Crippen molar-refractivity contribution in [3.63, 3.8) is 0 Å². The molecule has 2 rings (SSSR count). The molecule has 0 aliphatic heterocycles. The first-order valence-corrected chi connectivity index (χ1v) is 4.80. The molecule has 2 nitrogen and oxygen atoms in total. The largest absolute Gasteiger partial charge is 0.478 e. The van der Waals surface area contributed by atoms with E-state index in [-0.39, 0.29) is 6.61 Å². The van der Waals surface area contributed by atoms with Gasteiger partial charge in [0.1, 0.15) is 11.8 Å². The first kappa shape index (κ1) is 9.54. The Morgan fingerprint density at radius 1 is 1.20 bits per heavy atom. The van der Waals surface area contributed by atoms with Gasteiger partial charge in [-0.3, -0.25) is 0 Å². The molecule has 15 heavy (non-hydrogen) atoms. The lowest BCUT2D eigenvalue weighted by molar-refractivity contribution is 0.366. The molecule has 2 aromatic carbocycles. The van der Waals surface area contributed by atoms with Crippen molar-refractivity contribution in [2.45, 2.75) is 6.92 Å². The van der Waals surface area contributed by atoms with Gasteiger partial charge in [0, 0.05) is 0 Å². The van der Waals surface area contributed by atoms with Crippen LogP contribution in [0.4, 0.5) is 0 Å². The molecule has 0 amide bonds. The predicted octanol–water partition coefficient (Wildman–Crippen LogP) is 3.05. The number of hydrogen-bond acceptors (Lipinski definition) is 2. The van der Waals surface area contributed by atoms with Crippen LogP contribution in [-0.4, -0.2) is 6.61 Å². The van der Waals surface area contributed by atoms with Crippen molar-refractivity contribution >= 4 is 10.8 Å². The lowest BCUT2D eigenvalue weighted by Crippen LogP contribution is -1.95. The number of benzene rings is 2. The summed E-state index contributed by atoms with van der Waals surface area (Å²) in [7, 11) is 0. The average Bonchev–Trinajstić information content (AvgIpc) is 2.26. The first-order valence-electron chi connectivity index (χ1n) is 4.80. The minimum absolute atomic E-state index is 0.0964. The van der Waals surface area contributed by atoms with Gasteiger partial charge in [-0.05, 0) is 35.4 Å². The quantitative estimate of drug-likeness (QED) is 0.741. The Balaban J connectivity index is 2.48. The summed E-state index contributed by atoms with van der Waals surface area (Å²) in [5.41, 5.74) is 1.06. The highest BCUT2D eigenvalue weighted by molar-refractivity contribution is 5.84. The van der Waals surface area contributed by atoms with Crippen molar-refractivity contribution in [2.24, 2.45) is 0 Å². The lowest BCUT2D eigenvalue weighted by Gasteiger charge is -2.07. The number of nitrogens with zero attached hydrogens (tertiary/aromatic N) is 1. The van der Waals surface area contributed by atoms with Crippen molar-refractivity contribution in [3.05, 3.63) is 42.0 Å². The Labute approximate surface area is 88.7 Å². The maximum Gasteiger partial charge on any atom is 0.174 e. The fraction of sp³-hybridized carbons (Fsp3) is 0.154. The standard InChI is InChI=1S/C13H11NO/c1-10-8-11-4-2-3-5-12(11)9-13(10)15-7-6-14/h2-5,8-9H,7H2,1H3. The average molecular weight is 197 g/mol. The summed E-state index contributed by atoms with van der Waals surface area (Å²) in [5, 5.41) is 10.8. The van der Waals surface area contributed by atoms with Crippen molar-refractivity contribution in [1.82, 2.24) is 0 Å². The summed E-state index contributed by atoms with van der Waals surface area (Å²) in [6, 6.07) is 14.1. The highest BCUT2D eigenvalue weighted by atomic mass is 16.5. The van der Waals surface area contributed by atoms with Gasteiger partial charge in [0.25, 0.3) is 0 Å². The van der Waals surface area contributed by atoms with Crippen LogP contribution in [-0.2, 0) is 0 Å². The highest BCUT2D eigenvalue weighted by Gasteiger charge is 2.01. The van der Waals surface area contributed by atoms with E-state index in [0.29, 0.717) is 0 Å².